The van der Waals surface area contributed by atoms with Crippen molar-refractivity contribution in [1.29, 1.82) is 0 Å². The van der Waals surface area contributed by atoms with Gasteiger partial charge >= 0.3 is 6.03 Å². The van der Waals surface area contributed by atoms with Crippen molar-refractivity contribution in [1.82, 2.24) is 15.1 Å². The lowest BCUT2D eigenvalue weighted by atomic mass is 10.1. The molecule has 2 N–H and O–H groups in total. The Bertz CT molecular complexity index is 719. The Morgan fingerprint density at radius 3 is 2.41 bits per heavy atom. The summed E-state index contributed by atoms with van der Waals surface area (Å²) in [6.07, 6.45) is 0.573. The normalized spacial score (nSPS) is 16.0. The van der Waals surface area contributed by atoms with Gasteiger partial charge in [-0.3, -0.25) is 19.4 Å². The summed E-state index contributed by atoms with van der Waals surface area (Å²) >= 11 is 12.1. The van der Waals surface area contributed by atoms with Crippen LogP contribution in [-0.4, -0.2) is 59.4 Å². The minimum absolute atomic E-state index is 0.156. The van der Waals surface area contributed by atoms with E-state index >= 15 is 0 Å². The zero-order valence-electron chi connectivity index (χ0n) is 15.6. The van der Waals surface area contributed by atoms with Crippen LogP contribution in [0.4, 0.5) is 10.5 Å². The number of halogens is 2. The molecule has 9 heteroatoms. The van der Waals surface area contributed by atoms with Gasteiger partial charge in [-0.25, -0.2) is 4.79 Å². The monoisotopic (exact) mass is 414 g/mol. The van der Waals surface area contributed by atoms with E-state index in [0.29, 0.717) is 41.8 Å². The van der Waals surface area contributed by atoms with Crippen LogP contribution in [0.3, 0.4) is 0 Å². The van der Waals surface area contributed by atoms with Crippen LogP contribution in [0.2, 0.25) is 10.0 Å². The highest BCUT2D eigenvalue weighted by Gasteiger charge is 2.43. The molecule has 0 radical (unpaired) electrons. The van der Waals surface area contributed by atoms with Gasteiger partial charge in [-0.05, 0) is 38.9 Å². The zero-order chi connectivity index (χ0) is 20.2. The molecule has 0 atom stereocenters. The van der Waals surface area contributed by atoms with E-state index in [9.17, 15) is 14.4 Å². The van der Waals surface area contributed by atoms with Crippen LogP contribution in [0.25, 0.3) is 0 Å². The fraction of sp³-hybridized carbons (Fsp3) is 0.500. The molecule has 7 nitrogen and oxygen atoms in total. The molecule has 1 aliphatic heterocycles. The molecule has 4 amide bonds. The number of para-hydroxylation sites is 1. The van der Waals surface area contributed by atoms with Gasteiger partial charge in [-0.1, -0.05) is 36.2 Å². The first-order chi connectivity index (χ1) is 12.7. The Labute approximate surface area is 169 Å². The molecule has 1 heterocycles. The molecule has 0 bridgehead atoms. The summed E-state index contributed by atoms with van der Waals surface area (Å²) < 4.78 is 0. The number of carbonyl (C=O) groups excluding carboxylic acids is 3. The number of anilines is 1. The van der Waals surface area contributed by atoms with Gasteiger partial charge in [0.15, 0.2) is 0 Å². The molecular formula is C18H24Cl2N4O3. The lowest BCUT2D eigenvalue weighted by Gasteiger charge is -2.22. The van der Waals surface area contributed by atoms with Crippen molar-refractivity contribution in [3.8, 4) is 0 Å². The molecule has 1 saturated heterocycles. The van der Waals surface area contributed by atoms with Crippen LogP contribution < -0.4 is 10.6 Å². The predicted molar refractivity (Wildman–Crippen MR) is 106 cm³/mol. The van der Waals surface area contributed by atoms with E-state index in [0.717, 1.165) is 0 Å². The molecule has 2 rings (SSSR count). The Morgan fingerprint density at radius 2 is 1.89 bits per heavy atom. The third-order valence-corrected chi connectivity index (χ3v) is 4.97. The van der Waals surface area contributed by atoms with Crippen molar-refractivity contribution in [3.63, 3.8) is 0 Å². The molecular weight excluding hydrogens is 391 g/mol. The molecule has 0 spiro atoms. The molecule has 1 aromatic rings. The summed E-state index contributed by atoms with van der Waals surface area (Å²) in [4.78, 5) is 39.5. The number of amides is 4. The number of rotatable bonds is 8. The first-order valence-corrected chi connectivity index (χ1v) is 9.51. The van der Waals surface area contributed by atoms with Crippen LogP contribution in [0, 0.1) is 0 Å². The van der Waals surface area contributed by atoms with E-state index < -0.39 is 5.54 Å². The van der Waals surface area contributed by atoms with E-state index in [2.05, 4.69) is 10.6 Å². The Morgan fingerprint density at radius 1 is 1.26 bits per heavy atom. The highest BCUT2D eigenvalue weighted by Crippen LogP contribution is 2.29. The van der Waals surface area contributed by atoms with Gasteiger partial charge in [0, 0.05) is 13.1 Å². The van der Waals surface area contributed by atoms with Crippen LogP contribution in [-0.2, 0) is 9.59 Å². The second kappa shape index (κ2) is 8.91. The smallest absolute Gasteiger partial charge is 0.324 e. The summed E-state index contributed by atoms with van der Waals surface area (Å²) in [7, 11) is 0. The Balaban J connectivity index is 1.84. The lowest BCUT2D eigenvalue weighted by molar-refractivity contribution is -0.130. The minimum atomic E-state index is -0.865. The molecule has 148 valence electrons. The van der Waals surface area contributed by atoms with Crippen LogP contribution in [0.1, 0.15) is 27.2 Å². The van der Waals surface area contributed by atoms with Crippen molar-refractivity contribution in [2.45, 2.75) is 32.7 Å². The highest BCUT2D eigenvalue weighted by atomic mass is 35.5. The number of likely N-dealkylation sites (N-methyl/N-ethyl adjacent to an activating group) is 1. The fourth-order valence-corrected chi connectivity index (χ4v) is 3.31. The lowest BCUT2D eigenvalue weighted by Crippen LogP contribution is -2.40. The summed E-state index contributed by atoms with van der Waals surface area (Å²) in [5.74, 6) is -0.468. The van der Waals surface area contributed by atoms with E-state index in [1.165, 1.54) is 4.90 Å². The van der Waals surface area contributed by atoms with Gasteiger partial charge < -0.3 is 10.6 Å². The molecule has 0 saturated carbocycles. The van der Waals surface area contributed by atoms with Crippen molar-refractivity contribution < 1.29 is 14.4 Å². The van der Waals surface area contributed by atoms with Crippen LogP contribution in [0.15, 0.2) is 18.2 Å². The van der Waals surface area contributed by atoms with Crippen molar-refractivity contribution in [2.24, 2.45) is 0 Å². The maximum Gasteiger partial charge on any atom is 0.325 e. The number of hydrogen-bond acceptors (Lipinski definition) is 4. The van der Waals surface area contributed by atoms with Gasteiger partial charge in [0.1, 0.15) is 5.54 Å². The third-order valence-electron chi connectivity index (χ3n) is 4.34. The van der Waals surface area contributed by atoms with Crippen LogP contribution >= 0.6 is 23.2 Å². The van der Waals surface area contributed by atoms with Gasteiger partial charge in [0.25, 0.3) is 5.91 Å². The topological polar surface area (TPSA) is 81.8 Å². The quantitative estimate of drug-likeness (QED) is 0.640. The number of imide groups is 1. The maximum atomic E-state index is 12.3. The van der Waals surface area contributed by atoms with E-state index in [-0.39, 0.29) is 24.4 Å². The Kier molecular flexibility index (Phi) is 7.08. The summed E-state index contributed by atoms with van der Waals surface area (Å²) in [6, 6.07) is 4.63. The van der Waals surface area contributed by atoms with Gasteiger partial charge in [0.2, 0.25) is 5.91 Å². The number of nitrogens with one attached hydrogen (secondary N) is 2. The second-order valence-electron chi connectivity index (χ2n) is 6.88. The summed E-state index contributed by atoms with van der Waals surface area (Å²) in [5.41, 5.74) is -0.473. The average Bonchev–Trinajstić information content (AvgIpc) is 2.78. The van der Waals surface area contributed by atoms with Crippen molar-refractivity contribution >= 4 is 46.7 Å². The van der Waals surface area contributed by atoms with E-state index in [4.69, 9.17) is 23.2 Å². The molecule has 0 aliphatic carbocycles. The summed E-state index contributed by atoms with van der Waals surface area (Å²) in [6.45, 7) is 6.97. The highest BCUT2D eigenvalue weighted by molar-refractivity contribution is 6.39. The molecule has 1 fully saturated rings. The van der Waals surface area contributed by atoms with Gasteiger partial charge in [-0.2, -0.15) is 0 Å². The minimum Gasteiger partial charge on any atom is -0.324 e. The molecule has 0 unspecified atom stereocenters. The average molecular weight is 415 g/mol. The maximum absolute atomic E-state index is 12.3. The zero-order valence-corrected chi connectivity index (χ0v) is 17.2. The first-order valence-electron chi connectivity index (χ1n) is 8.76. The molecule has 1 aromatic carbocycles. The largest absolute Gasteiger partial charge is 0.325 e. The van der Waals surface area contributed by atoms with Gasteiger partial charge in [0.05, 0.1) is 22.3 Å². The molecule has 0 aromatic heterocycles. The number of nitrogens with zero attached hydrogens (tertiary/aromatic N) is 2. The number of carbonyl (C=O) groups is 3. The fourth-order valence-electron chi connectivity index (χ4n) is 2.82. The Hall–Kier alpha value is -1.83. The van der Waals surface area contributed by atoms with Crippen LogP contribution in [0.5, 0.6) is 0 Å². The number of benzene rings is 1. The van der Waals surface area contributed by atoms with Gasteiger partial charge in [-0.15, -0.1) is 0 Å². The summed E-state index contributed by atoms with van der Waals surface area (Å²) in [5, 5.41) is 6.13. The molecule has 1 aliphatic rings. The molecule has 27 heavy (non-hydrogen) atoms. The SMILES string of the molecule is CCN(CCCN1C(=O)NC(C)(C)C1=O)CC(=O)Nc1c(Cl)cccc1Cl. The van der Waals surface area contributed by atoms with E-state index in [1.807, 2.05) is 11.8 Å². The van der Waals surface area contributed by atoms with E-state index in [1.54, 1.807) is 32.0 Å². The standard InChI is InChI=1S/C18H24Cl2N4O3/c1-4-23(9-6-10-24-16(26)18(2,3)22-17(24)27)11-14(25)21-15-12(19)7-5-8-13(15)20/h5,7-8H,4,6,9-11H2,1-3H3,(H,21,25)(H,22,27). The number of hydrogen-bond donors (Lipinski definition) is 2. The predicted octanol–water partition coefficient (Wildman–Crippen LogP) is 2.97. The first kappa shape index (κ1) is 21.5. The van der Waals surface area contributed by atoms with Crippen molar-refractivity contribution in [2.75, 3.05) is 31.5 Å². The number of urea groups is 1. The third kappa shape index (κ3) is 5.34. The van der Waals surface area contributed by atoms with Crippen molar-refractivity contribution in [3.05, 3.63) is 28.2 Å². The second-order valence-corrected chi connectivity index (χ2v) is 7.69.